The standard InChI is InChI=1S/C29H31ClN8O3/c1-16-13-18(9-12-20(16)34-24-23-25(32-15-31-24)36-26(39)29(5,6)41-23)33-27(40)35-22-14-21(28(2,3)4)37-38(22)19-10-7-17(30)8-11-19/h7-15H,1-6H3,(H2,33,35,40)(H2,31,32,34,36,39). The molecule has 212 valence electrons. The molecule has 5 rings (SSSR count). The van der Waals surface area contributed by atoms with Gasteiger partial charge in [-0.2, -0.15) is 5.10 Å². The Morgan fingerprint density at radius 2 is 1.78 bits per heavy atom. The van der Waals surface area contributed by atoms with Gasteiger partial charge in [0, 0.05) is 27.9 Å². The zero-order valence-electron chi connectivity index (χ0n) is 23.6. The minimum Gasteiger partial charge on any atom is -0.470 e. The third-order valence-electron chi connectivity index (χ3n) is 6.47. The van der Waals surface area contributed by atoms with Gasteiger partial charge < -0.3 is 20.7 Å². The fourth-order valence-corrected chi connectivity index (χ4v) is 4.24. The maximum absolute atomic E-state index is 13.0. The molecule has 0 atom stereocenters. The number of ether oxygens (including phenoxy) is 1. The SMILES string of the molecule is Cc1cc(NC(=O)Nc2cc(C(C)(C)C)nn2-c2ccc(Cl)cc2)ccc1Nc1ncnc2c1OC(C)(C)C(=O)N2. The van der Waals surface area contributed by atoms with Crippen LogP contribution in [0, 0.1) is 6.92 Å². The van der Waals surface area contributed by atoms with Crippen molar-refractivity contribution in [1.82, 2.24) is 19.7 Å². The second kappa shape index (κ2) is 10.4. The molecule has 3 heterocycles. The first kappa shape index (κ1) is 27.9. The highest BCUT2D eigenvalue weighted by molar-refractivity contribution is 6.30. The first-order chi connectivity index (χ1) is 19.3. The van der Waals surface area contributed by atoms with E-state index in [1.54, 1.807) is 36.7 Å². The maximum Gasteiger partial charge on any atom is 0.324 e. The van der Waals surface area contributed by atoms with Gasteiger partial charge in [0.15, 0.2) is 17.2 Å². The molecule has 0 saturated heterocycles. The lowest BCUT2D eigenvalue weighted by atomic mass is 9.92. The molecule has 2 aromatic carbocycles. The topological polar surface area (TPSA) is 135 Å². The molecule has 4 N–H and O–H groups in total. The average molecular weight is 575 g/mol. The van der Waals surface area contributed by atoms with Crippen molar-refractivity contribution in [2.45, 2.75) is 52.6 Å². The second-order valence-electron chi connectivity index (χ2n) is 11.3. The minimum atomic E-state index is -1.07. The smallest absolute Gasteiger partial charge is 0.324 e. The van der Waals surface area contributed by atoms with Gasteiger partial charge in [0.1, 0.15) is 12.1 Å². The van der Waals surface area contributed by atoms with Crippen LogP contribution in [-0.4, -0.2) is 37.3 Å². The van der Waals surface area contributed by atoms with Gasteiger partial charge in [-0.05, 0) is 68.8 Å². The van der Waals surface area contributed by atoms with E-state index in [1.165, 1.54) is 6.33 Å². The highest BCUT2D eigenvalue weighted by Crippen LogP contribution is 2.38. The van der Waals surface area contributed by atoms with Gasteiger partial charge >= 0.3 is 6.03 Å². The lowest BCUT2D eigenvalue weighted by Crippen LogP contribution is -2.46. The quantitative estimate of drug-likeness (QED) is 0.216. The summed E-state index contributed by atoms with van der Waals surface area (Å²) >= 11 is 6.07. The summed E-state index contributed by atoms with van der Waals surface area (Å²) in [6.45, 7) is 11.4. The van der Waals surface area contributed by atoms with E-state index < -0.39 is 11.6 Å². The number of carbonyl (C=O) groups excluding carboxylic acids is 2. The van der Waals surface area contributed by atoms with E-state index in [0.29, 0.717) is 33.9 Å². The van der Waals surface area contributed by atoms with E-state index in [4.69, 9.17) is 21.4 Å². The zero-order valence-corrected chi connectivity index (χ0v) is 24.3. The number of rotatable bonds is 5. The van der Waals surface area contributed by atoms with Crippen LogP contribution in [-0.2, 0) is 10.2 Å². The van der Waals surface area contributed by atoms with Crippen molar-refractivity contribution in [3.63, 3.8) is 0 Å². The Balaban J connectivity index is 1.33. The van der Waals surface area contributed by atoms with E-state index in [2.05, 4.69) is 52.0 Å². The number of urea groups is 1. The lowest BCUT2D eigenvalue weighted by Gasteiger charge is -2.31. The van der Waals surface area contributed by atoms with Gasteiger partial charge in [-0.3, -0.25) is 10.1 Å². The van der Waals surface area contributed by atoms with Gasteiger partial charge in [-0.25, -0.2) is 19.4 Å². The number of hydrogen-bond donors (Lipinski definition) is 4. The molecule has 2 aromatic heterocycles. The van der Waals surface area contributed by atoms with Crippen molar-refractivity contribution < 1.29 is 14.3 Å². The van der Waals surface area contributed by atoms with Crippen molar-refractivity contribution in [1.29, 1.82) is 0 Å². The van der Waals surface area contributed by atoms with E-state index in [0.717, 1.165) is 22.6 Å². The third kappa shape index (κ3) is 5.94. The van der Waals surface area contributed by atoms with Gasteiger partial charge in [-0.1, -0.05) is 32.4 Å². The van der Waals surface area contributed by atoms with Crippen molar-refractivity contribution in [2.24, 2.45) is 0 Å². The number of aryl methyl sites for hydroxylation is 1. The van der Waals surface area contributed by atoms with E-state index in [1.807, 2.05) is 37.3 Å². The Hall–Kier alpha value is -4.64. The molecule has 0 saturated carbocycles. The predicted octanol–water partition coefficient (Wildman–Crippen LogP) is 6.42. The van der Waals surface area contributed by atoms with Crippen LogP contribution in [0.3, 0.4) is 0 Å². The Bertz CT molecular complexity index is 1640. The summed E-state index contributed by atoms with van der Waals surface area (Å²) < 4.78 is 7.58. The van der Waals surface area contributed by atoms with Crippen LogP contribution >= 0.6 is 11.6 Å². The molecule has 0 spiro atoms. The average Bonchev–Trinajstić information content (AvgIpc) is 3.31. The number of nitrogens with zero attached hydrogens (tertiary/aromatic N) is 4. The Kier molecular flexibility index (Phi) is 7.08. The van der Waals surface area contributed by atoms with Crippen LogP contribution in [0.1, 0.15) is 45.9 Å². The summed E-state index contributed by atoms with van der Waals surface area (Å²) in [6.07, 6.45) is 1.35. The first-order valence-corrected chi connectivity index (χ1v) is 13.4. The number of carbonyl (C=O) groups is 2. The number of nitrogens with one attached hydrogen (secondary N) is 4. The molecule has 41 heavy (non-hydrogen) atoms. The second-order valence-corrected chi connectivity index (χ2v) is 11.7. The Morgan fingerprint density at radius 1 is 1.05 bits per heavy atom. The minimum absolute atomic E-state index is 0.222. The molecule has 1 aliphatic rings. The first-order valence-electron chi connectivity index (χ1n) is 13.0. The van der Waals surface area contributed by atoms with E-state index in [-0.39, 0.29) is 11.3 Å². The van der Waals surface area contributed by atoms with Gasteiger partial charge in [0.25, 0.3) is 5.91 Å². The number of aromatic nitrogens is 4. The van der Waals surface area contributed by atoms with Crippen LogP contribution in [0.25, 0.3) is 5.69 Å². The summed E-state index contributed by atoms with van der Waals surface area (Å²) in [4.78, 5) is 33.7. The van der Waals surface area contributed by atoms with Crippen LogP contribution in [0.2, 0.25) is 5.02 Å². The summed E-state index contributed by atoms with van der Waals surface area (Å²) in [5, 5.41) is 17.1. The molecule has 0 fully saturated rings. The fourth-order valence-electron chi connectivity index (χ4n) is 4.11. The summed E-state index contributed by atoms with van der Waals surface area (Å²) in [5.41, 5.74) is 2.48. The normalized spacial score (nSPS) is 14.0. The summed E-state index contributed by atoms with van der Waals surface area (Å²) in [6, 6.07) is 14.1. The molecule has 0 unspecified atom stereocenters. The molecule has 3 amide bonds. The number of hydrogen-bond acceptors (Lipinski definition) is 7. The molecule has 12 heteroatoms. The fraction of sp³-hybridized carbons (Fsp3) is 0.276. The number of benzene rings is 2. The Labute approximate surface area is 242 Å². The summed E-state index contributed by atoms with van der Waals surface area (Å²) in [5.74, 6) is 1.30. The van der Waals surface area contributed by atoms with Crippen LogP contribution in [0.15, 0.2) is 54.9 Å². The molecule has 11 nitrogen and oxygen atoms in total. The highest BCUT2D eigenvalue weighted by Gasteiger charge is 2.37. The third-order valence-corrected chi connectivity index (χ3v) is 6.72. The molecule has 4 aromatic rings. The zero-order chi connectivity index (χ0) is 29.5. The van der Waals surface area contributed by atoms with E-state index >= 15 is 0 Å². The number of anilines is 5. The van der Waals surface area contributed by atoms with Crippen LogP contribution in [0.4, 0.5) is 33.6 Å². The van der Waals surface area contributed by atoms with Gasteiger partial charge in [0.2, 0.25) is 5.75 Å². The monoisotopic (exact) mass is 574 g/mol. The molecule has 0 radical (unpaired) electrons. The summed E-state index contributed by atoms with van der Waals surface area (Å²) in [7, 11) is 0. The number of fused-ring (bicyclic) bond motifs is 1. The van der Waals surface area contributed by atoms with Gasteiger partial charge in [0.05, 0.1) is 11.4 Å². The van der Waals surface area contributed by atoms with Gasteiger partial charge in [-0.15, -0.1) is 0 Å². The van der Waals surface area contributed by atoms with Crippen LogP contribution in [0.5, 0.6) is 5.75 Å². The van der Waals surface area contributed by atoms with Crippen molar-refractivity contribution in [3.8, 4) is 11.4 Å². The Morgan fingerprint density at radius 3 is 2.46 bits per heavy atom. The molecular weight excluding hydrogens is 544 g/mol. The predicted molar refractivity (Wildman–Crippen MR) is 160 cm³/mol. The maximum atomic E-state index is 13.0. The van der Waals surface area contributed by atoms with Crippen molar-refractivity contribution >= 4 is 52.4 Å². The van der Waals surface area contributed by atoms with Crippen LogP contribution < -0.4 is 26.0 Å². The lowest BCUT2D eigenvalue weighted by molar-refractivity contribution is -0.129. The van der Waals surface area contributed by atoms with Crippen molar-refractivity contribution in [2.75, 3.05) is 21.3 Å². The molecular formula is C29H31ClN8O3. The molecule has 0 bridgehead atoms. The number of halogens is 1. The van der Waals surface area contributed by atoms with Crippen molar-refractivity contribution in [3.05, 3.63) is 71.1 Å². The molecule has 1 aliphatic heterocycles. The van der Waals surface area contributed by atoms with E-state index in [9.17, 15) is 9.59 Å². The largest absolute Gasteiger partial charge is 0.470 e. The highest BCUT2D eigenvalue weighted by atomic mass is 35.5. The molecule has 0 aliphatic carbocycles. The number of amides is 3.